The first-order chi connectivity index (χ1) is 12.3. The summed E-state index contributed by atoms with van der Waals surface area (Å²) in [7, 11) is -3.31. The van der Waals surface area contributed by atoms with Crippen LogP contribution in [0.15, 0.2) is 35.2 Å². The van der Waals surface area contributed by atoms with Crippen molar-refractivity contribution in [3.05, 3.63) is 35.9 Å². The summed E-state index contributed by atoms with van der Waals surface area (Å²) in [6.45, 7) is 1.85. The lowest BCUT2D eigenvalue weighted by atomic mass is 9.98. The van der Waals surface area contributed by atoms with Gasteiger partial charge in [-0.3, -0.25) is 0 Å². The normalized spacial score (nSPS) is 26.7. The molecule has 26 heavy (non-hydrogen) atoms. The maximum absolute atomic E-state index is 13.4. The highest BCUT2D eigenvalue weighted by Crippen LogP contribution is 2.35. The molecule has 0 bridgehead atoms. The van der Waals surface area contributed by atoms with E-state index in [-0.39, 0.29) is 35.2 Å². The number of ether oxygens (including phenoxy) is 1. The Morgan fingerprint density at radius 1 is 1.15 bits per heavy atom. The minimum Gasteiger partial charge on any atom is -0.462 e. The molecule has 0 N–H and O–H groups in total. The molecule has 0 aromatic heterocycles. The van der Waals surface area contributed by atoms with Gasteiger partial charge in [0.2, 0.25) is 0 Å². The maximum Gasteiger partial charge on any atom is 0.338 e. The Morgan fingerprint density at radius 3 is 2.23 bits per heavy atom. The van der Waals surface area contributed by atoms with Crippen LogP contribution in [-0.4, -0.2) is 38.6 Å². The molecule has 0 saturated heterocycles. The molecular formula is C19H22F2O4S. The number of alkyl halides is 2. The van der Waals surface area contributed by atoms with Gasteiger partial charge in [-0.25, -0.2) is 22.0 Å². The zero-order valence-electron chi connectivity index (χ0n) is 14.5. The van der Waals surface area contributed by atoms with Crippen molar-refractivity contribution in [3.8, 4) is 0 Å². The van der Waals surface area contributed by atoms with Gasteiger partial charge < -0.3 is 4.74 Å². The van der Waals surface area contributed by atoms with Crippen LogP contribution in [-0.2, 0) is 19.4 Å². The summed E-state index contributed by atoms with van der Waals surface area (Å²) in [4.78, 5) is 12.5. The summed E-state index contributed by atoms with van der Waals surface area (Å²) in [5.74, 6) is -0.975. The van der Waals surface area contributed by atoms with Gasteiger partial charge in [0.1, 0.15) is 12.3 Å². The third kappa shape index (κ3) is 3.98. The van der Waals surface area contributed by atoms with Crippen molar-refractivity contribution in [2.75, 3.05) is 6.61 Å². The molecule has 0 amide bonds. The molecule has 2 aliphatic rings. The Bertz CT molecular complexity index is 787. The number of carbonyl (C=O) groups is 1. The van der Waals surface area contributed by atoms with Gasteiger partial charge in [0.15, 0.2) is 9.84 Å². The fourth-order valence-electron chi connectivity index (χ4n) is 3.23. The summed E-state index contributed by atoms with van der Waals surface area (Å²) in [5, 5.41) is -0.310. The molecule has 2 aliphatic carbocycles. The van der Waals surface area contributed by atoms with Gasteiger partial charge in [-0.05, 0) is 56.2 Å². The Balaban J connectivity index is 1.88. The molecule has 3 rings (SSSR count). The van der Waals surface area contributed by atoms with Crippen molar-refractivity contribution < 1.29 is 26.7 Å². The molecule has 7 heteroatoms. The average molecular weight is 384 g/mol. The predicted molar refractivity (Wildman–Crippen MR) is 93.8 cm³/mol. The average Bonchev–Trinajstić information content (AvgIpc) is 3.41. The van der Waals surface area contributed by atoms with E-state index in [2.05, 4.69) is 0 Å². The molecule has 2 saturated carbocycles. The Hall–Kier alpha value is -1.76. The lowest BCUT2D eigenvalue weighted by molar-refractivity contribution is -0.136. The van der Waals surface area contributed by atoms with E-state index >= 15 is 0 Å². The molecule has 0 aliphatic heterocycles. The predicted octanol–water partition coefficient (Wildman–Crippen LogP) is 3.66. The van der Waals surface area contributed by atoms with E-state index in [9.17, 15) is 22.0 Å². The van der Waals surface area contributed by atoms with E-state index in [1.165, 1.54) is 12.1 Å². The molecule has 1 aromatic carbocycles. The number of halogens is 2. The lowest BCUT2D eigenvalue weighted by Gasteiger charge is -2.11. The van der Waals surface area contributed by atoms with E-state index in [0.29, 0.717) is 18.4 Å². The molecule has 2 fully saturated rings. The summed E-state index contributed by atoms with van der Waals surface area (Å²) < 4.78 is 56.5. The van der Waals surface area contributed by atoms with E-state index < -0.39 is 34.1 Å². The highest BCUT2D eigenvalue weighted by molar-refractivity contribution is 7.92. The van der Waals surface area contributed by atoms with Crippen molar-refractivity contribution in [2.45, 2.75) is 55.1 Å². The first-order valence-corrected chi connectivity index (χ1v) is 10.4. The van der Waals surface area contributed by atoms with Crippen molar-refractivity contribution in [2.24, 2.45) is 5.92 Å². The molecule has 0 radical (unpaired) electrons. The Labute approximate surface area is 152 Å². The first-order valence-electron chi connectivity index (χ1n) is 8.84. The van der Waals surface area contributed by atoms with Crippen molar-refractivity contribution >= 4 is 21.4 Å². The quantitative estimate of drug-likeness (QED) is 0.555. The third-order valence-corrected chi connectivity index (χ3v) is 7.08. The van der Waals surface area contributed by atoms with Crippen molar-refractivity contribution in [1.82, 2.24) is 0 Å². The topological polar surface area (TPSA) is 60.4 Å². The van der Waals surface area contributed by atoms with Gasteiger partial charge in [0, 0.05) is 0 Å². The van der Waals surface area contributed by atoms with Gasteiger partial charge in [-0.15, -0.1) is 0 Å². The fourth-order valence-corrected chi connectivity index (χ4v) is 4.88. The molecule has 0 heterocycles. The van der Waals surface area contributed by atoms with Crippen LogP contribution < -0.4 is 0 Å². The number of benzene rings is 1. The van der Waals surface area contributed by atoms with Crippen LogP contribution in [0.4, 0.5) is 8.78 Å². The van der Waals surface area contributed by atoms with E-state index in [4.69, 9.17) is 4.74 Å². The van der Waals surface area contributed by atoms with Gasteiger partial charge in [0.05, 0.1) is 22.3 Å². The van der Waals surface area contributed by atoms with E-state index in [0.717, 1.165) is 0 Å². The Morgan fingerprint density at radius 2 is 1.73 bits per heavy atom. The molecule has 0 spiro atoms. The number of esters is 1. The maximum atomic E-state index is 13.4. The molecule has 1 aromatic rings. The van der Waals surface area contributed by atoms with Crippen molar-refractivity contribution in [1.29, 1.82) is 0 Å². The fraction of sp³-hybridized carbons (Fsp3) is 0.526. The SMILES string of the molecule is CCOC(=O)/C(=C\[C@H]1C[C@@H](F)[C@@H](F)C1)c1ccc(S(=O)(=O)C2CC2)cc1. The molecular weight excluding hydrogens is 362 g/mol. The van der Waals surface area contributed by atoms with Crippen LogP contribution in [0, 0.1) is 5.92 Å². The molecule has 4 nitrogen and oxygen atoms in total. The van der Waals surface area contributed by atoms with Crippen LogP contribution in [0.1, 0.15) is 38.2 Å². The standard InChI is InChI=1S/C19H22F2O4S/c1-2-25-19(22)16(9-12-10-17(20)18(21)11-12)13-3-5-14(6-4-13)26(23,24)15-7-8-15/h3-6,9,12,15,17-18H,2,7-8,10-11H2,1H3/b16-9-/t12-,17+,18-. The number of hydrogen-bond donors (Lipinski definition) is 0. The summed E-state index contributed by atoms with van der Waals surface area (Å²) in [6.07, 6.45) is -0.0925. The first kappa shape index (κ1) is 19.0. The van der Waals surface area contributed by atoms with E-state index in [1.807, 2.05) is 0 Å². The van der Waals surface area contributed by atoms with Gasteiger partial charge in [-0.1, -0.05) is 18.2 Å². The summed E-state index contributed by atoms with van der Waals surface area (Å²) in [5.41, 5.74) is 0.699. The minimum absolute atomic E-state index is 0.0260. The number of rotatable bonds is 6. The highest BCUT2D eigenvalue weighted by Gasteiger charge is 2.37. The monoisotopic (exact) mass is 384 g/mol. The van der Waals surface area contributed by atoms with Crippen LogP contribution in [0.2, 0.25) is 0 Å². The largest absolute Gasteiger partial charge is 0.462 e. The zero-order valence-corrected chi connectivity index (χ0v) is 15.3. The number of hydrogen-bond acceptors (Lipinski definition) is 4. The van der Waals surface area contributed by atoms with Crippen LogP contribution in [0.3, 0.4) is 0 Å². The van der Waals surface area contributed by atoms with Crippen LogP contribution in [0.25, 0.3) is 5.57 Å². The third-order valence-electron chi connectivity index (χ3n) is 4.80. The smallest absolute Gasteiger partial charge is 0.338 e. The minimum atomic E-state index is -3.31. The van der Waals surface area contributed by atoms with Gasteiger partial charge >= 0.3 is 5.97 Å². The number of sulfone groups is 1. The summed E-state index contributed by atoms with van der Waals surface area (Å²) in [6, 6.07) is 6.04. The van der Waals surface area contributed by atoms with Crippen molar-refractivity contribution in [3.63, 3.8) is 0 Å². The van der Waals surface area contributed by atoms with Crippen LogP contribution in [0.5, 0.6) is 0 Å². The second kappa shape index (κ2) is 7.47. The Kier molecular flexibility index (Phi) is 5.46. The zero-order chi connectivity index (χ0) is 18.9. The second-order valence-electron chi connectivity index (χ2n) is 6.83. The molecule has 3 atom stereocenters. The summed E-state index contributed by atoms with van der Waals surface area (Å²) >= 11 is 0. The van der Waals surface area contributed by atoms with E-state index in [1.54, 1.807) is 25.1 Å². The number of allylic oxidation sites excluding steroid dienone is 1. The lowest BCUT2D eigenvalue weighted by Crippen LogP contribution is -2.10. The van der Waals surface area contributed by atoms with Gasteiger partial charge in [0.25, 0.3) is 0 Å². The molecule has 0 unspecified atom stereocenters. The second-order valence-corrected chi connectivity index (χ2v) is 9.06. The van der Waals surface area contributed by atoms with Gasteiger partial charge in [-0.2, -0.15) is 0 Å². The highest BCUT2D eigenvalue weighted by atomic mass is 32.2. The molecule has 142 valence electrons. The van der Waals surface area contributed by atoms with Crippen LogP contribution >= 0.6 is 0 Å². The number of carbonyl (C=O) groups excluding carboxylic acids is 1.